The Morgan fingerprint density at radius 1 is 1.31 bits per heavy atom. The van der Waals surface area contributed by atoms with Gasteiger partial charge in [-0.15, -0.1) is 0 Å². The van der Waals surface area contributed by atoms with E-state index in [1.165, 1.54) is 17.0 Å². The van der Waals surface area contributed by atoms with Gasteiger partial charge in [0.25, 0.3) is 5.69 Å². The molecule has 3 aromatic rings. The number of halogens is 1. The molecular formula is C17H12ClN5O3. The molecule has 9 heteroatoms. The van der Waals surface area contributed by atoms with Crippen LogP contribution >= 0.6 is 11.6 Å². The molecule has 2 heterocycles. The lowest BCUT2D eigenvalue weighted by Crippen LogP contribution is -2.26. The van der Waals surface area contributed by atoms with E-state index in [1.807, 2.05) is 24.3 Å². The Kier molecular flexibility index (Phi) is 3.62. The van der Waals surface area contributed by atoms with E-state index in [-0.39, 0.29) is 34.4 Å². The zero-order chi connectivity index (χ0) is 18.4. The number of rotatable bonds is 3. The van der Waals surface area contributed by atoms with E-state index in [9.17, 15) is 15.2 Å². The van der Waals surface area contributed by atoms with E-state index in [0.29, 0.717) is 11.5 Å². The van der Waals surface area contributed by atoms with Crippen molar-refractivity contribution >= 4 is 45.4 Å². The number of fused-ring (bicyclic) bond motifs is 1. The Bertz CT molecular complexity index is 1070. The van der Waals surface area contributed by atoms with Crippen LogP contribution in [0.2, 0.25) is 5.02 Å². The number of nitro benzene ring substituents is 1. The van der Waals surface area contributed by atoms with Crippen molar-refractivity contribution in [1.82, 2.24) is 9.97 Å². The first-order chi connectivity index (χ1) is 12.5. The standard InChI is InChI=1S/C17H12ClN5O3/c18-10-6-5-9(7-13(10)23(25)26)22-8-14(24)15(16(22)19)17-20-11-3-1-2-4-12(11)21-17/h1-7,19,24H,8H2,(H,20,21). The Labute approximate surface area is 152 Å². The number of para-hydroxylation sites is 2. The first-order valence-corrected chi connectivity index (χ1v) is 8.01. The van der Waals surface area contributed by atoms with E-state index < -0.39 is 4.92 Å². The fourth-order valence-electron chi connectivity index (χ4n) is 2.93. The van der Waals surface area contributed by atoms with Gasteiger partial charge in [0.2, 0.25) is 0 Å². The Balaban J connectivity index is 1.73. The van der Waals surface area contributed by atoms with Gasteiger partial charge < -0.3 is 15.0 Å². The summed E-state index contributed by atoms with van der Waals surface area (Å²) in [6.07, 6.45) is 0. The lowest BCUT2D eigenvalue weighted by molar-refractivity contribution is -0.384. The Morgan fingerprint density at radius 2 is 2.08 bits per heavy atom. The van der Waals surface area contributed by atoms with Crippen LogP contribution in [0.3, 0.4) is 0 Å². The first kappa shape index (κ1) is 16.1. The van der Waals surface area contributed by atoms with E-state index >= 15 is 0 Å². The highest BCUT2D eigenvalue weighted by molar-refractivity contribution is 6.33. The number of nitrogens with one attached hydrogen (secondary N) is 2. The monoisotopic (exact) mass is 369 g/mol. The number of aromatic nitrogens is 2. The summed E-state index contributed by atoms with van der Waals surface area (Å²) in [7, 11) is 0. The number of aliphatic hydroxyl groups is 1. The van der Waals surface area contributed by atoms with Gasteiger partial charge in [0.1, 0.15) is 22.4 Å². The molecular weight excluding hydrogens is 358 g/mol. The molecule has 0 fully saturated rings. The largest absolute Gasteiger partial charge is 0.509 e. The molecule has 0 saturated carbocycles. The number of imidazole rings is 1. The maximum Gasteiger partial charge on any atom is 0.289 e. The topological polar surface area (TPSA) is 119 Å². The third kappa shape index (κ3) is 2.47. The van der Waals surface area contributed by atoms with Crippen molar-refractivity contribution in [3.05, 3.63) is 69.2 Å². The molecule has 1 aliphatic heterocycles. The molecule has 0 amide bonds. The molecule has 0 spiro atoms. The smallest absolute Gasteiger partial charge is 0.289 e. The number of anilines is 1. The molecule has 2 aromatic carbocycles. The van der Waals surface area contributed by atoms with Gasteiger partial charge in [-0.2, -0.15) is 0 Å². The van der Waals surface area contributed by atoms with Crippen LogP contribution in [0.25, 0.3) is 16.6 Å². The summed E-state index contributed by atoms with van der Waals surface area (Å²) < 4.78 is 0. The second-order valence-corrected chi connectivity index (χ2v) is 6.16. The van der Waals surface area contributed by atoms with E-state index in [1.54, 1.807) is 6.07 Å². The molecule has 0 saturated heterocycles. The molecule has 130 valence electrons. The highest BCUT2D eigenvalue weighted by Crippen LogP contribution is 2.34. The number of H-pyrrole nitrogens is 1. The molecule has 0 unspecified atom stereocenters. The van der Waals surface area contributed by atoms with Crippen molar-refractivity contribution < 1.29 is 10.0 Å². The van der Waals surface area contributed by atoms with Gasteiger partial charge >= 0.3 is 0 Å². The average molecular weight is 370 g/mol. The van der Waals surface area contributed by atoms with Crippen LogP contribution in [-0.4, -0.2) is 32.4 Å². The quantitative estimate of drug-likeness (QED) is 0.478. The van der Waals surface area contributed by atoms with Crippen LogP contribution in [0.4, 0.5) is 11.4 Å². The lowest BCUT2D eigenvalue weighted by Gasteiger charge is -2.18. The molecule has 26 heavy (non-hydrogen) atoms. The molecule has 1 aromatic heterocycles. The van der Waals surface area contributed by atoms with Crippen molar-refractivity contribution in [3.8, 4) is 0 Å². The van der Waals surface area contributed by atoms with Crippen LogP contribution in [0, 0.1) is 15.5 Å². The van der Waals surface area contributed by atoms with Crippen LogP contribution in [0.5, 0.6) is 0 Å². The number of aliphatic hydroxyl groups excluding tert-OH is 1. The van der Waals surface area contributed by atoms with Gasteiger partial charge in [-0.3, -0.25) is 15.5 Å². The summed E-state index contributed by atoms with van der Waals surface area (Å²) in [5.41, 5.74) is 1.91. The van der Waals surface area contributed by atoms with E-state index in [0.717, 1.165) is 11.0 Å². The number of nitro groups is 1. The van der Waals surface area contributed by atoms with Crippen LogP contribution in [-0.2, 0) is 0 Å². The molecule has 1 aliphatic rings. The number of hydrogen-bond donors (Lipinski definition) is 3. The van der Waals surface area contributed by atoms with Crippen molar-refractivity contribution in [3.63, 3.8) is 0 Å². The van der Waals surface area contributed by atoms with Crippen molar-refractivity contribution in [2.45, 2.75) is 0 Å². The number of amidine groups is 1. The summed E-state index contributed by atoms with van der Waals surface area (Å²) in [6, 6.07) is 11.6. The SMILES string of the molecule is N=C1C(c2nc3ccccc3[nH]2)=C(O)CN1c1ccc(Cl)c([N+](=O)[O-])c1. The zero-order valence-corrected chi connectivity index (χ0v) is 14.0. The third-order valence-corrected chi connectivity index (χ3v) is 4.49. The maximum absolute atomic E-state index is 11.1. The Hall–Kier alpha value is -3.39. The highest BCUT2D eigenvalue weighted by Gasteiger charge is 2.32. The van der Waals surface area contributed by atoms with E-state index in [4.69, 9.17) is 17.0 Å². The predicted molar refractivity (Wildman–Crippen MR) is 98.8 cm³/mol. The van der Waals surface area contributed by atoms with Crippen molar-refractivity contribution in [1.29, 1.82) is 5.41 Å². The number of hydrogen-bond acceptors (Lipinski definition) is 5. The number of aromatic amines is 1. The molecule has 0 aliphatic carbocycles. The number of benzene rings is 2. The van der Waals surface area contributed by atoms with Crippen molar-refractivity contribution in [2.75, 3.05) is 11.4 Å². The van der Waals surface area contributed by atoms with Gasteiger partial charge in [0, 0.05) is 11.8 Å². The zero-order valence-electron chi connectivity index (χ0n) is 13.2. The summed E-state index contributed by atoms with van der Waals surface area (Å²) in [5.74, 6) is 0.337. The van der Waals surface area contributed by atoms with Crippen LogP contribution < -0.4 is 4.90 Å². The highest BCUT2D eigenvalue weighted by atomic mass is 35.5. The molecule has 4 rings (SSSR count). The van der Waals surface area contributed by atoms with Crippen LogP contribution in [0.15, 0.2) is 48.2 Å². The average Bonchev–Trinajstić information content (AvgIpc) is 3.15. The predicted octanol–water partition coefficient (Wildman–Crippen LogP) is 3.89. The van der Waals surface area contributed by atoms with Gasteiger partial charge in [-0.25, -0.2) is 4.98 Å². The van der Waals surface area contributed by atoms with E-state index in [2.05, 4.69) is 9.97 Å². The van der Waals surface area contributed by atoms with Gasteiger partial charge in [-0.05, 0) is 24.3 Å². The van der Waals surface area contributed by atoms with Gasteiger partial charge in [0.15, 0.2) is 0 Å². The van der Waals surface area contributed by atoms with Crippen LogP contribution in [0.1, 0.15) is 5.82 Å². The summed E-state index contributed by atoms with van der Waals surface area (Å²) in [6.45, 7) is 0.0179. The summed E-state index contributed by atoms with van der Waals surface area (Å²) in [4.78, 5) is 19.5. The summed E-state index contributed by atoms with van der Waals surface area (Å²) in [5, 5.41) is 29.9. The minimum atomic E-state index is -0.584. The second kappa shape index (κ2) is 5.85. The third-order valence-electron chi connectivity index (χ3n) is 4.17. The first-order valence-electron chi connectivity index (χ1n) is 7.63. The fraction of sp³-hybridized carbons (Fsp3) is 0.0588. The van der Waals surface area contributed by atoms with Gasteiger partial charge in [-0.1, -0.05) is 23.7 Å². The van der Waals surface area contributed by atoms with Crippen molar-refractivity contribution in [2.24, 2.45) is 0 Å². The lowest BCUT2D eigenvalue weighted by atomic mass is 10.2. The molecule has 3 N–H and O–H groups in total. The normalized spacial score (nSPS) is 14.5. The second-order valence-electron chi connectivity index (χ2n) is 5.75. The molecule has 8 nitrogen and oxygen atoms in total. The van der Waals surface area contributed by atoms with Gasteiger partial charge in [0.05, 0.1) is 28.1 Å². The summed E-state index contributed by atoms with van der Waals surface area (Å²) >= 11 is 5.84. The Morgan fingerprint density at radius 3 is 2.81 bits per heavy atom. The maximum atomic E-state index is 11.1. The molecule has 0 bridgehead atoms. The molecule has 0 radical (unpaired) electrons. The minimum absolute atomic E-state index is 0.00169. The minimum Gasteiger partial charge on any atom is -0.509 e. The molecule has 0 atom stereocenters. The fourth-order valence-corrected chi connectivity index (χ4v) is 3.12. The number of nitrogens with zero attached hydrogens (tertiary/aromatic N) is 3.